The van der Waals surface area contributed by atoms with Gasteiger partial charge < -0.3 is 20.6 Å². The Morgan fingerprint density at radius 1 is 1.20 bits per heavy atom. The monoisotopic (exact) mass is 411 g/mol. The molecular weight excluding hydrogens is 382 g/mol. The Balaban J connectivity index is 1.42. The number of nitrogens with zero attached hydrogens (tertiary/aromatic N) is 3. The lowest BCUT2D eigenvalue weighted by molar-refractivity contribution is -0.133. The van der Waals surface area contributed by atoms with Gasteiger partial charge in [-0.15, -0.1) is 0 Å². The van der Waals surface area contributed by atoms with E-state index in [1.807, 2.05) is 17.0 Å². The first-order valence-corrected chi connectivity index (χ1v) is 10.9. The topological polar surface area (TPSA) is 107 Å². The minimum atomic E-state index is -0.212. The molecule has 1 aliphatic carbocycles. The molecule has 4 rings (SSSR count). The third kappa shape index (κ3) is 4.87. The van der Waals surface area contributed by atoms with Gasteiger partial charge in [-0.2, -0.15) is 0 Å². The van der Waals surface area contributed by atoms with Crippen LogP contribution in [0.3, 0.4) is 0 Å². The molecule has 3 N–H and O–H groups in total. The van der Waals surface area contributed by atoms with E-state index in [0.717, 1.165) is 50.5 Å². The number of aliphatic hydroxyl groups is 1. The number of likely N-dealkylation sites (tertiary alicyclic amines) is 1. The number of nitrogens with one attached hydrogen (secondary N) is 2. The van der Waals surface area contributed by atoms with E-state index in [0.29, 0.717) is 36.5 Å². The van der Waals surface area contributed by atoms with Crippen LogP contribution in [-0.2, 0) is 4.79 Å². The molecule has 160 valence electrons. The lowest BCUT2D eigenvalue weighted by Crippen LogP contribution is -2.41. The van der Waals surface area contributed by atoms with Crippen molar-refractivity contribution >= 4 is 28.7 Å². The highest BCUT2D eigenvalue weighted by Crippen LogP contribution is 2.23. The van der Waals surface area contributed by atoms with Crippen LogP contribution in [0.25, 0.3) is 10.9 Å². The minimum Gasteiger partial charge on any atom is -0.393 e. The van der Waals surface area contributed by atoms with Gasteiger partial charge in [-0.1, -0.05) is 12.1 Å². The van der Waals surface area contributed by atoms with Gasteiger partial charge in [-0.05, 0) is 44.6 Å². The molecule has 30 heavy (non-hydrogen) atoms. The molecule has 1 aromatic heterocycles. The first-order chi connectivity index (χ1) is 14.6. The molecule has 1 aromatic carbocycles. The summed E-state index contributed by atoms with van der Waals surface area (Å²) in [5.74, 6) is 0.470. The van der Waals surface area contributed by atoms with Crippen LogP contribution in [0.1, 0.15) is 55.3 Å². The summed E-state index contributed by atoms with van der Waals surface area (Å²) in [6, 6.07) is 5.70. The number of rotatable bonds is 6. The van der Waals surface area contributed by atoms with Gasteiger partial charge in [0.1, 0.15) is 0 Å². The van der Waals surface area contributed by atoms with Crippen molar-refractivity contribution in [1.82, 2.24) is 20.2 Å². The maximum Gasteiger partial charge on any atom is 0.253 e. The summed E-state index contributed by atoms with van der Waals surface area (Å²) < 4.78 is 0. The highest BCUT2D eigenvalue weighted by Gasteiger charge is 2.21. The molecule has 0 radical (unpaired) electrons. The standard InChI is InChI=1S/C22H29N5O3/c28-17-9-7-16(8-10-17)25-22-24-14-15-4-3-5-18(20(15)26-22)21(30)23-11-13-27-12-2-1-6-19(27)29/h3-5,14,16-17,28H,1-2,6-13H2,(H,23,30)(H,24,25,26)/t16-,17-. The molecule has 1 saturated carbocycles. The molecule has 2 heterocycles. The van der Waals surface area contributed by atoms with Gasteiger partial charge in [0.05, 0.1) is 17.2 Å². The number of anilines is 1. The minimum absolute atomic E-state index is 0.166. The summed E-state index contributed by atoms with van der Waals surface area (Å²) in [6.45, 7) is 1.72. The quantitative estimate of drug-likeness (QED) is 0.672. The molecular formula is C22H29N5O3. The highest BCUT2D eigenvalue weighted by molar-refractivity contribution is 6.05. The second-order valence-electron chi connectivity index (χ2n) is 8.18. The first-order valence-electron chi connectivity index (χ1n) is 10.9. The fourth-order valence-electron chi connectivity index (χ4n) is 4.21. The zero-order valence-corrected chi connectivity index (χ0v) is 17.1. The molecule has 0 spiro atoms. The molecule has 2 aliphatic rings. The maximum absolute atomic E-state index is 12.8. The number of amides is 2. The summed E-state index contributed by atoms with van der Waals surface area (Å²) in [4.78, 5) is 35.5. The van der Waals surface area contributed by atoms with Crippen LogP contribution >= 0.6 is 0 Å². The van der Waals surface area contributed by atoms with Crippen molar-refractivity contribution in [2.45, 2.75) is 57.1 Å². The second kappa shape index (κ2) is 9.38. The summed E-state index contributed by atoms with van der Waals surface area (Å²) in [7, 11) is 0. The number of hydrogen-bond acceptors (Lipinski definition) is 6. The molecule has 1 aliphatic heterocycles. The smallest absolute Gasteiger partial charge is 0.253 e. The summed E-state index contributed by atoms with van der Waals surface area (Å²) in [5, 5.41) is 16.7. The fraction of sp³-hybridized carbons (Fsp3) is 0.545. The van der Waals surface area contributed by atoms with Crippen molar-refractivity contribution < 1.29 is 14.7 Å². The van der Waals surface area contributed by atoms with Gasteiger partial charge >= 0.3 is 0 Å². The van der Waals surface area contributed by atoms with Crippen molar-refractivity contribution in [3.05, 3.63) is 30.0 Å². The zero-order chi connectivity index (χ0) is 20.9. The zero-order valence-electron chi connectivity index (χ0n) is 17.1. The van der Waals surface area contributed by atoms with E-state index < -0.39 is 0 Å². The number of aliphatic hydroxyl groups excluding tert-OH is 1. The summed E-state index contributed by atoms with van der Waals surface area (Å²) >= 11 is 0. The van der Waals surface area contributed by atoms with E-state index in [2.05, 4.69) is 20.6 Å². The lowest BCUT2D eigenvalue weighted by atomic mass is 9.93. The van der Waals surface area contributed by atoms with Gasteiger partial charge in [0.15, 0.2) is 0 Å². The molecule has 2 aromatic rings. The van der Waals surface area contributed by atoms with E-state index in [-0.39, 0.29) is 24.0 Å². The van der Waals surface area contributed by atoms with E-state index in [9.17, 15) is 14.7 Å². The molecule has 0 atom stereocenters. The van der Waals surface area contributed by atoms with Crippen LogP contribution in [0.5, 0.6) is 0 Å². The Bertz CT molecular complexity index is 911. The van der Waals surface area contributed by atoms with E-state index in [1.165, 1.54) is 0 Å². The largest absolute Gasteiger partial charge is 0.393 e. The van der Waals surface area contributed by atoms with Crippen molar-refractivity contribution in [2.75, 3.05) is 25.0 Å². The Morgan fingerprint density at radius 2 is 2.03 bits per heavy atom. The fourth-order valence-corrected chi connectivity index (χ4v) is 4.21. The Hall–Kier alpha value is -2.74. The van der Waals surface area contributed by atoms with Crippen molar-refractivity contribution in [1.29, 1.82) is 0 Å². The van der Waals surface area contributed by atoms with Crippen LogP contribution < -0.4 is 10.6 Å². The average Bonchev–Trinajstić information content (AvgIpc) is 2.76. The molecule has 2 fully saturated rings. The Kier molecular flexibility index (Phi) is 6.42. The van der Waals surface area contributed by atoms with Crippen LogP contribution in [0.15, 0.2) is 24.4 Å². The third-order valence-corrected chi connectivity index (χ3v) is 5.97. The van der Waals surface area contributed by atoms with Crippen LogP contribution in [-0.4, -0.2) is 63.6 Å². The molecule has 8 nitrogen and oxygen atoms in total. The number of benzene rings is 1. The SMILES string of the molecule is O=C(NCCN1CCCCC1=O)c1cccc2cnc(N[C@H]3CC[C@H](O)CC3)nc12. The summed E-state index contributed by atoms with van der Waals surface area (Å²) in [6.07, 6.45) is 7.40. The maximum atomic E-state index is 12.8. The van der Waals surface area contributed by atoms with E-state index in [1.54, 1.807) is 12.3 Å². The van der Waals surface area contributed by atoms with Crippen LogP contribution in [0.4, 0.5) is 5.95 Å². The predicted molar refractivity (Wildman–Crippen MR) is 114 cm³/mol. The first kappa shape index (κ1) is 20.5. The van der Waals surface area contributed by atoms with E-state index >= 15 is 0 Å². The van der Waals surface area contributed by atoms with Gasteiger partial charge in [-0.25, -0.2) is 9.97 Å². The molecule has 8 heteroatoms. The number of piperidine rings is 1. The molecule has 2 amide bonds. The number of aromatic nitrogens is 2. The van der Waals surface area contributed by atoms with Crippen LogP contribution in [0, 0.1) is 0 Å². The Labute approximate surface area is 176 Å². The molecule has 0 unspecified atom stereocenters. The summed E-state index contributed by atoms with van der Waals surface area (Å²) in [5.41, 5.74) is 1.11. The van der Waals surface area contributed by atoms with E-state index in [4.69, 9.17) is 0 Å². The number of carbonyl (C=O) groups excluding carboxylic acids is 2. The second-order valence-corrected chi connectivity index (χ2v) is 8.18. The lowest BCUT2D eigenvalue weighted by Gasteiger charge is -2.26. The van der Waals surface area contributed by atoms with Gasteiger partial charge in [0.25, 0.3) is 5.91 Å². The van der Waals surface area contributed by atoms with Crippen molar-refractivity contribution in [2.24, 2.45) is 0 Å². The highest BCUT2D eigenvalue weighted by atomic mass is 16.3. The normalized spacial score (nSPS) is 22.2. The average molecular weight is 412 g/mol. The number of fused-ring (bicyclic) bond motifs is 1. The van der Waals surface area contributed by atoms with Crippen molar-refractivity contribution in [3.8, 4) is 0 Å². The van der Waals surface area contributed by atoms with Gasteiger partial charge in [0.2, 0.25) is 11.9 Å². The van der Waals surface area contributed by atoms with Gasteiger partial charge in [-0.3, -0.25) is 9.59 Å². The number of para-hydroxylation sites is 1. The van der Waals surface area contributed by atoms with Crippen molar-refractivity contribution in [3.63, 3.8) is 0 Å². The number of carbonyl (C=O) groups is 2. The van der Waals surface area contributed by atoms with Gasteiger partial charge in [0, 0.05) is 43.7 Å². The molecule has 0 bridgehead atoms. The molecule has 1 saturated heterocycles. The predicted octanol–water partition coefficient (Wildman–Crippen LogP) is 2.09. The third-order valence-electron chi connectivity index (χ3n) is 5.97. The van der Waals surface area contributed by atoms with Crippen LogP contribution in [0.2, 0.25) is 0 Å². The number of hydrogen-bond donors (Lipinski definition) is 3. The Morgan fingerprint density at radius 3 is 2.83 bits per heavy atom.